The number of fused-ring (bicyclic) bond motifs is 2. The van der Waals surface area contributed by atoms with Crippen LogP contribution in [-0.4, -0.2) is 52.3 Å². The van der Waals surface area contributed by atoms with E-state index in [1.807, 2.05) is 0 Å². The second kappa shape index (κ2) is 8.63. The summed E-state index contributed by atoms with van der Waals surface area (Å²) in [4.78, 5) is 58.6. The molecule has 0 bridgehead atoms. The Morgan fingerprint density at radius 2 is 1.84 bits per heavy atom. The lowest BCUT2D eigenvalue weighted by molar-refractivity contribution is 0.0520. The number of ketones is 2. The molecule has 2 aromatic rings. The van der Waals surface area contributed by atoms with Crippen molar-refractivity contribution in [2.24, 2.45) is 0 Å². The van der Waals surface area contributed by atoms with Crippen LogP contribution in [0.5, 0.6) is 0 Å². The van der Waals surface area contributed by atoms with E-state index in [9.17, 15) is 19.2 Å². The number of carbonyl (C=O) groups excluding carboxylic acids is 4. The third-order valence-electron chi connectivity index (χ3n) is 4.43. The molecule has 0 aromatic carbocycles. The molecule has 31 heavy (non-hydrogen) atoms. The number of hydrogen-bond donors (Lipinski definition) is 1. The lowest BCUT2D eigenvalue weighted by atomic mass is 9.85. The second-order valence-corrected chi connectivity index (χ2v) is 7.83. The molecule has 162 valence electrons. The molecule has 0 saturated heterocycles. The summed E-state index contributed by atoms with van der Waals surface area (Å²) in [5, 5.41) is 2.60. The van der Waals surface area contributed by atoms with E-state index in [1.165, 1.54) is 18.5 Å². The van der Waals surface area contributed by atoms with Crippen LogP contribution >= 0.6 is 0 Å². The molecule has 9 heteroatoms. The summed E-state index contributed by atoms with van der Waals surface area (Å²) in [5.41, 5.74) is -0.195. The van der Waals surface area contributed by atoms with Gasteiger partial charge in [-0.15, -0.1) is 0 Å². The van der Waals surface area contributed by atoms with Crippen molar-refractivity contribution >= 4 is 23.6 Å². The molecule has 0 saturated carbocycles. The van der Waals surface area contributed by atoms with E-state index >= 15 is 0 Å². The third-order valence-corrected chi connectivity index (χ3v) is 4.43. The highest BCUT2D eigenvalue weighted by atomic mass is 16.6. The number of rotatable bonds is 5. The van der Waals surface area contributed by atoms with Gasteiger partial charge in [0.2, 0.25) is 5.78 Å². The standard InChI is InChI=1S/C22H23N3O6/c1-5-30-20(28)14-11-25-17-15(12(14)8-10-24-21(29)31-22(2,3)4)18(26)13-7-6-9-23-16(13)19(17)27/h6-7,9,11H,5,8,10H2,1-4H3,(H,24,29). The number of amides is 1. The first-order chi connectivity index (χ1) is 14.6. The van der Waals surface area contributed by atoms with Crippen molar-refractivity contribution in [1.29, 1.82) is 0 Å². The van der Waals surface area contributed by atoms with Crippen molar-refractivity contribution in [3.05, 3.63) is 58.2 Å². The normalized spacial score (nSPS) is 12.6. The van der Waals surface area contributed by atoms with Crippen LogP contribution in [0.15, 0.2) is 24.5 Å². The fourth-order valence-electron chi connectivity index (χ4n) is 3.23. The van der Waals surface area contributed by atoms with Crippen LogP contribution in [0.4, 0.5) is 4.79 Å². The third kappa shape index (κ3) is 4.60. The number of esters is 1. The van der Waals surface area contributed by atoms with Gasteiger partial charge in [-0.25, -0.2) is 9.59 Å². The molecule has 9 nitrogen and oxygen atoms in total. The van der Waals surface area contributed by atoms with E-state index in [2.05, 4.69) is 15.3 Å². The quantitative estimate of drug-likeness (QED) is 0.618. The second-order valence-electron chi connectivity index (χ2n) is 7.83. The number of nitrogens with zero attached hydrogens (tertiary/aromatic N) is 2. The average molecular weight is 425 g/mol. The number of hydrogen-bond acceptors (Lipinski definition) is 8. The highest BCUT2D eigenvalue weighted by Crippen LogP contribution is 2.29. The van der Waals surface area contributed by atoms with Crippen LogP contribution in [-0.2, 0) is 15.9 Å². The lowest BCUT2D eigenvalue weighted by Crippen LogP contribution is -2.34. The van der Waals surface area contributed by atoms with E-state index in [-0.39, 0.29) is 53.2 Å². The fourth-order valence-corrected chi connectivity index (χ4v) is 3.23. The van der Waals surface area contributed by atoms with Crippen LogP contribution in [0, 0.1) is 0 Å². The Kier molecular flexibility index (Phi) is 6.14. The van der Waals surface area contributed by atoms with Crippen molar-refractivity contribution in [3.63, 3.8) is 0 Å². The van der Waals surface area contributed by atoms with Crippen molar-refractivity contribution < 1.29 is 28.7 Å². The maximum atomic E-state index is 13.2. The molecule has 0 radical (unpaired) electrons. The van der Waals surface area contributed by atoms with E-state index in [1.54, 1.807) is 33.8 Å². The van der Waals surface area contributed by atoms with Gasteiger partial charge in [0.25, 0.3) is 0 Å². The summed E-state index contributed by atoms with van der Waals surface area (Å²) in [6.07, 6.45) is 2.10. The fraction of sp³-hybridized carbons (Fsp3) is 0.364. The lowest BCUT2D eigenvalue weighted by Gasteiger charge is -2.21. The van der Waals surface area contributed by atoms with Gasteiger partial charge < -0.3 is 14.8 Å². The summed E-state index contributed by atoms with van der Waals surface area (Å²) in [5.74, 6) is -1.62. The Hall–Kier alpha value is -3.62. The summed E-state index contributed by atoms with van der Waals surface area (Å²) in [7, 11) is 0. The van der Waals surface area contributed by atoms with Gasteiger partial charge in [-0.05, 0) is 51.8 Å². The topological polar surface area (TPSA) is 125 Å². The van der Waals surface area contributed by atoms with Crippen molar-refractivity contribution in [2.75, 3.05) is 13.2 Å². The van der Waals surface area contributed by atoms with E-state index < -0.39 is 29.2 Å². The smallest absolute Gasteiger partial charge is 0.407 e. The molecule has 0 unspecified atom stereocenters. The summed E-state index contributed by atoms with van der Waals surface area (Å²) in [6, 6.07) is 3.06. The molecule has 1 aliphatic rings. The van der Waals surface area contributed by atoms with Gasteiger partial charge in [0.05, 0.1) is 23.3 Å². The minimum absolute atomic E-state index is 0.0224. The minimum Gasteiger partial charge on any atom is -0.462 e. The maximum absolute atomic E-state index is 13.2. The van der Waals surface area contributed by atoms with Crippen molar-refractivity contribution in [1.82, 2.24) is 15.3 Å². The minimum atomic E-state index is -0.672. The molecular formula is C22H23N3O6. The van der Waals surface area contributed by atoms with Gasteiger partial charge in [-0.2, -0.15) is 0 Å². The van der Waals surface area contributed by atoms with Crippen LogP contribution in [0.2, 0.25) is 0 Å². The molecule has 1 aliphatic carbocycles. The monoisotopic (exact) mass is 425 g/mol. The van der Waals surface area contributed by atoms with Crippen LogP contribution in [0.1, 0.15) is 75.7 Å². The molecule has 1 amide bonds. The van der Waals surface area contributed by atoms with E-state index in [0.29, 0.717) is 0 Å². The molecule has 2 heterocycles. The highest BCUT2D eigenvalue weighted by molar-refractivity contribution is 6.27. The number of ether oxygens (including phenoxy) is 2. The summed E-state index contributed by atoms with van der Waals surface area (Å²) >= 11 is 0. The average Bonchev–Trinajstić information content (AvgIpc) is 2.70. The molecule has 0 spiro atoms. The number of pyridine rings is 2. The van der Waals surface area contributed by atoms with Crippen LogP contribution < -0.4 is 5.32 Å². The highest BCUT2D eigenvalue weighted by Gasteiger charge is 2.35. The van der Waals surface area contributed by atoms with E-state index in [0.717, 1.165) is 0 Å². The van der Waals surface area contributed by atoms with Gasteiger partial charge in [-0.1, -0.05) is 0 Å². The first-order valence-corrected chi connectivity index (χ1v) is 9.84. The first-order valence-electron chi connectivity index (χ1n) is 9.84. The Morgan fingerprint density at radius 1 is 1.10 bits per heavy atom. The van der Waals surface area contributed by atoms with Crippen molar-refractivity contribution in [3.8, 4) is 0 Å². The number of alkyl carbamates (subject to hydrolysis) is 1. The van der Waals surface area contributed by atoms with Gasteiger partial charge in [0.15, 0.2) is 5.78 Å². The molecule has 0 aliphatic heterocycles. The molecule has 1 N–H and O–H groups in total. The Bertz CT molecular complexity index is 1070. The zero-order chi connectivity index (χ0) is 22.8. The molecule has 3 rings (SSSR count). The van der Waals surface area contributed by atoms with Gasteiger partial charge in [0, 0.05) is 18.9 Å². The van der Waals surface area contributed by atoms with E-state index in [4.69, 9.17) is 9.47 Å². The number of nitrogens with one attached hydrogen (secondary N) is 1. The summed E-state index contributed by atoms with van der Waals surface area (Å²) < 4.78 is 10.3. The zero-order valence-electron chi connectivity index (χ0n) is 17.8. The van der Waals surface area contributed by atoms with Gasteiger partial charge in [0.1, 0.15) is 17.0 Å². The Labute approximate surface area is 179 Å². The predicted octanol–water partition coefficient (Wildman–Crippen LogP) is 2.50. The number of aromatic nitrogens is 2. The van der Waals surface area contributed by atoms with Crippen LogP contribution in [0.25, 0.3) is 0 Å². The largest absolute Gasteiger partial charge is 0.462 e. The Balaban J connectivity index is 1.99. The first kappa shape index (κ1) is 22.1. The van der Waals surface area contributed by atoms with Crippen molar-refractivity contribution in [2.45, 2.75) is 39.7 Å². The molecule has 0 atom stereocenters. The SMILES string of the molecule is CCOC(=O)c1cnc2c(c1CCNC(=O)OC(C)(C)C)C(=O)c1cccnc1C2=O. The number of carbonyl (C=O) groups is 4. The zero-order valence-corrected chi connectivity index (χ0v) is 17.8. The maximum Gasteiger partial charge on any atom is 0.407 e. The summed E-state index contributed by atoms with van der Waals surface area (Å²) in [6.45, 7) is 7.07. The van der Waals surface area contributed by atoms with Crippen LogP contribution in [0.3, 0.4) is 0 Å². The predicted molar refractivity (Wildman–Crippen MR) is 109 cm³/mol. The molecule has 2 aromatic heterocycles. The van der Waals surface area contributed by atoms with Gasteiger partial charge >= 0.3 is 12.1 Å². The Morgan fingerprint density at radius 3 is 2.52 bits per heavy atom. The molecular weight excluding hydrogens is 402 g/mol. The molecule has 0 fully saturated rings. The van der Waals surface area contributed by atoms with Gasteiger partial charge in [-0.3, -0.25) is 19.6 Å².